The number of para-hydroxylation sites is 1. The molecule has 3 aromatic rings. The number of nitrogens with two attached hydrogens (primary N) is 1. The highest BCUT2D eigenvalue weighted by atomic mass is 19.1. The third-order valence-electron chi connectivity index (χ3n) is 3.41. The molecule has 0 atom stereocenters. The maximum Gasteiger partial charge on any atom is 0.260 e. The average molecular weight is 283 g/mol. The topological polar surface area (TPSA) is 64.9 Å². The van der Waals surface area contributed by atoms with Crippen LogP contribution in [0.3, 0.4) is 0 Å². The fourth-order valence-corrected chi connectivity index (χ4v) is 2.19. The molecule has 5 heteroatoms. The summed E-state index contributed by atoms with van der Waals surface area (Å²) >= 11 is 0. The van der Waals surface area contributed by atoms with Crippen LogP contribution in [-0.4, -0.2) is 10.1 Å². The van der Waals surface area contributed by atoms with Gasteiger partial charge in [0.2, 0.25) is 5.82 Å². The van der Waals surface area contributed by atoms with E-state index in [9.17, 15) is 4.39 Å². The molecule has 3 rings (SSSR count). The van der Waals surface area contributed by atoms with Gasteiger partial charge in [0, 0.05) is 11.3 Å². The number of nitrogen functional groups attached to an aromatic ring is 1. The molecule has 0 saturated carbocycles. The first-order valence-corrected chi connectivity index (χ1v) is 6.52. The van der Waals surface area contributed by atoms with Gasteiger partial charge in [-0.1, -0.05) is 17.3 Å². The molecule has 1 heterocycles. The van der Waals surface area contributed by atoms with Crippen LogP contribution in [-0.2, 0) is 0 Å². The van der Waals surface area contributed by atoms with Gasteiger partial charge in [0.25, 0.3) is 5.89 Å². The van der Waals surface area contributed by atoms with Gasteiger partial charge >= 0.3 is 0 Å². The molecule has 0 aliphatic heterocycles. The largest absolute Gasteiger partial charge is 0.398 e. The molecule has 0 unspecified atom stereocenters. The lowest BCUT2D eigenvalue weighted by atomic mass is 10.1. The van der Waals surface area contributed by atoms with E-state index in [1.807, 2.05) is 25.1 Å². The number of aryl methyl sites for hydroxylation is 2. The maximum atomic E-state index is 13.1. The van der Waals surface area contributed by atoms with Crippen molar-refractivity contribution in [3.8, 4) is 22.8 Å². The van der Waals surface area contributed by atoms with Crippen molar-refractivity contribution >= 4 is 5.69 Å². The van der Waals surface area contributed by atoms with Crippen LogP contribution in [0.15, 0.2) is 40.9 Å². The van der Waals surface area contributed by atoms with Gasteiger partial charge in [-0.15, -0.1) is 0 Å². The molecule has 0 aliphatic carbocycles. The summed E-state index contributed by atoms with van der Waals surface area (Å²) in [5.74, 6) is 0.487. The summed E-state index contributed by atoms with van der Waals surface area (Å²) in [5, 5.41) is 3.96. The minimum atomic E-state index is -0.289. The van der Waals surface area contributed by atoms with Gasteiger partial charge in [-0.25, -0.2) is 4.39 Å². The van der Waals surface area contributed by atoms with E-state index in [0.717, 1.165) is 16.7 Å². The van der Waals surface area contributed by atoms with Crippen LogP contribution >= 0.6 is 0 Å². The summed E-state index contributed by atoms with van der Waals surface area (Å²) in [6.45, 7) is 3.72. The van der Waals surface area contributed by atoms with Crippen LogP contribution in [0.5, 0.6) is 0 Å². The molecule has 2 aromatic carbocycles. The summed E-state index contributed by atoms with van der Waals surface area (Å²) in [6, 6.07) is 10.1. The highest BCUT2D eigenvalue weighted by molar-refractivity contribution is 5.74. The number of benzene rings is 2. The Morgan fingerprint density at radius 1 is 1.05 bits per heavy atom. The van der Waals surface area contributed by atoms with Crippen molar-refractivity contribution in [1.82, 2.24) is 10.1 Å². The second-order valence-electron chi connectivity index (χ2n) is 4.92. The first kappa shape index (κ1) is 13.3. The summed E-state index contributed by atoms with van der Waals surface area (Å²) in [4.78, 5) is 4.36. The molecular weight excluding hydrogens is 269 g/mol. The number of anilines is 1. The Labute approximate surface area is 121 Å². The van der Waals surface area contributed by atoms with Crippen molar-refractivity contribution in [3.63, 3.8) is 0 Å². The second-order valence-corrected chi connectivity index (χ2v) is 4.92. The minimum Gasteiger partial charge on any atom is -0.398 e. The first-order chi connectivity index (χ1) is 10.1. The zero-order valence-electron chi connectivity index (χ0n) is 11.7. The number of aromatic nitrogens is 2. The average Bonchev–Trinajstić information content (AvgIpc) is 2.91. The van der Waals surface area contributed by atoms with E-state index in [4.69, 9.17) is 10.3 Å². The molecule has 0 fully saturated rings. The normalized spacial score (nSPS) is 10.8. The smallest absolute Gasteiger partial charge is 0.260 e. The molecule has 21 heavy (non-hydrogen) atoms. The van der Waals surface area contributed by atoms with Crippen LogP contribution in [0.2, 0.25) is 0 Å². The van der Waals surface area contributed by atoms with Gasteiger partial charge in [0.15, 0.2) is 0 Å². The van der Waals surface area contributed by atoms with Crippen molar-refractivity contribution in [1.29, 1.82) is 0 Å². The molecule has 0 amide bonds. The molecule has 2 N–H and O–H groups in total. The van der Waals surface area contributed by atoms with E-state index in [-0.39, 0.29) is 5.82 Å². The van der Waals surface area contributed by atoms with Crippen molar-refractivity contribution in [2.45, 2.75) is 13.8 Å². The van der Waals surface area contributed by atoms with Crippen LogP contribution in [0, 0.1) is 19.7 Å². The Hall–Kier alpha value is -2.69. The monoisotopic (exact) mass is 283 g/mol. The Kier molecular flexibility index (Phi) is 3.17. The Bertz CT molecular complexity index is 811. The van der Waals surface area contributed by atoms with Crippen LogP contribution in [0.25, 0.3) is 22.8 Å². The summed E-state index contributed by atoms with van der Waals surface area (Å²) < 4.78 is 18.4. The summed E-state index contributed by atoms with van der Waals surface area (Å²) in [5.41, 5.74) is 9.78. The number of rotatable bonds is 2. The zero-order chi connectivity index (χ0) is 15.0. The molecule has 1 aromatic heterocycles. The Morgan fingerprint density at radius 3 is 2.62 bits per heavy atom. The maximum absolute atomic E-state index is 13.1. The predicted molar refractivity (Wildman–Crippen MR) is 79.0 cm³/mol. The lowest BCUT2D eigenvalue weighted by Crippen LogP contribution is -1.93. The molecule has 0 spiro atoms. The molecule has 0 aliphatic rings. The quantitative estimate of drug-likeness (QED) is 0.727. The molecule has 4 nitrogen and oxygen atoms in total. The highest BCUT2D eigenvalue weighted by Crippen LogP contribution is 2.29. The summed E-state index contributed by atoms with van der Waals surface area (Å²) in [6.07, 6.45) is 0. The fraction of sp³-hybridized carbons (Fsp3) is 0.125. The van der Waals surface area contributed by atoms with Gasteiger partial charge in [-0.3, -0.25) is 0 Å². The molecule has 106 valence electrons. The van der Waals surface area contributed by atoms with E-state index in [1.165, 1.54) is 12.1 Å². The van der Waals surface area contributed by atoms with E-state index < -0.39 is 0 Å². The second kappa shape index (κ2) is 5.01. The Balaban J connectivity index is 2.06. The van der Waals surface area contributed by atoms with Crippen molar-refractivity contribution in [2.24, 2.45) is 0 Å². The molecule has 0 bridgehead atoms. The molecule has 0 radical (unpaired) electrons. The van der Waals surface area contributed by atoms with Crippen molar-refractivity contribution < 1.29 is 8.91 Å². The highest BCUT2D eigenvalue weighted by Gasteiger charge is 2.15. The van der Waals surface area contributed by atoms with Crippen LogP contribution in [0.4, 0.5) is 10.1 Å². The third kappa shape index (κ3) is 2.38. The zero-order valence-corrected chi connectivity index (χ0v) is 11.7. The van der Waals surface area contributed by atoms with Gasteiger partial charge in [0.05, 0.1) is 5.56 Å². The predicted octanol–water partition coefficient (Wildman–Crippen LogP) is 3.74. The van der Waals surface area contributed by atoms with Crippen molar-refractivity contribution in [3.05, 3.63) is 53.3 Å². The first-order valence-electron chi connectivity index (χ1n) is 6.52. The van der Waals surface area contributed by atoms with E-state index in [0.29, 0.717) is 23.0 Å². The third-order valence-corrected chi connectivity index (χ3v) is 3.41. The number of hydrogen-bond donors (Lipinski definition) is 1. The fourth-order valence-electron chi connectivity index (χ4n) is 2.19. The minimum absolute atomic E-state index is 0.289. The molecule has 0 saturated heterocycles. The number of halogens is 1. The standard InChI is InChI=1S/C16H14FN3O/c1-9-4-3-5-13(14(9)18)16-19-15(20-21-16)12-7-6-11(17)8-10(12)2/h3-8H,18H2,1-2H3. The number of nitrogens with zero attached hydrogens (tertiary/aromatic N) is 2. The SMILES string of the molecule is Cc1cc(F)ccc1-c1noc(-c2cccc(C)c2N)n1. The molecular formula is C16H14FN3O. The summed E-state index contributed by atoms with van der Waals surface area (Å²) in [7, 11) is 0. The number of hydrogen-bond acceptors (Lipinski definition) is 4. The van der Waals surface area contributed by atoms with Gasteiger partial charge in [0.1, 0.15) is 5.82 Å². The van der Waals surface area contributed by atoms with Crippen molar-refractivity contribution in [2.75, 3.05) is 5.73 Å². The lowest BCUT2D eigenvalue weighted by molar-refractivity contribution is 0.432. The Morgan fingerprint density at radius 2 is 1.86 bits per heavy atom. The van der Waals surface area contributed by atoms with E-state index >= 15 is 0 Å². The van der Waals surface area contributed by atoms with Gasteiger partial charge in [-0.05, 0) is 49.2 Å². The van der Waals surface area contributed by atoms with Crippen LogP contribution < -0.4 is 5.73 Å². The lowest BCUT2D eigenvalue weighted by Gasteiger charge is -2.03. The van der Waals surface area contributed by atoms with Gasteiger partial charge < -0.3 is 10.3 Å². The van der Waals surface area contributed by atoms with E-state index in [2.05, 4.69) is 10.1 Å². The van der Waals surface area contributed by atoms with Gasteiger partial charge in [-0.2, -0.15) is 4.98 Å². The van der Waals surface area contributed by atoms with E-state index in [1.54, 1.807) is 13.0 Å². The van der Waals surface area contributed by atoms with Crippen LogP contribution in [0.1, 0.15) is 11.1 Å².